The SMILES string of the molecule is CCC(Cn1cnc(C)cc1=O)NC. The minimum atomic E-state index is 0.0196. The summed E-state index contributed by atoms with van der Waals surface area (Å²) < 4.78 is 1.64. The number of rotatable bonds is 4. The maximum Gasteiger partial charge on any atom is 0.253 e. The van der Waals surface area contributed by atoms with Gasteiger partial charge in [0.05, 0.1) is 6.33 Å². The van der Waals surface area contributed by atoms with E-state index < -0.39 is 0 Å². The van der Waals surface area contributed by atoms with Crippen molar-refractivity contribution in [3.8, 4) is 0 Å². The van der Waals surface area contributed by atoms with Gasteiger partial charge in [-0.05, 0) is 20.4 Å². The summed E-state index contributed by atoms with van der Waals surface area (Å²) in [5.74, 6) is 0. The molecule has 0 amide bonds. The Kier molecular flexibility index (Phi) is 3.83. The van der Waals surface area contributed by atoms with Gasteiger partial charge >= 0.3 is 0 Å². The summed E-state index contributed by atoms with van der Waals surface area (Å²) >= 11 is 0. The van der Waals surface area contributed by atoms with Crippen molar-refractivity contribution in [2.24, 2.45) is 0 Å². The molecule has 14 heavy (non-hydrogen) atoms. The molecule has 0 aliphatic rings. The van der Waals surface area contributed by atoms with Gasteiger partial charge in [0.1, 0.15) is 0 Å². The monoisotopic (exact) mass is 195 g/mol. The average Bonchev–Trinajstić information content (AvgIpc) is 2.17. The van der Waals surface area contributed by atoms with Crippen LogP contribution >= 0.6 is 0 Å². The number of aryl methyl sites for hydroxylation is 1. The Morgan fingerprint density at radius 2 is 2.36 bits per heavy atom. The average molecular weight is 195 g/mol. The molecule has 0 fully saturated rings. The van der Waals surface area contributed by atoms with Gasteiger partial charge in [0.2, 0.25) is 0 Å². The molecule has 0 aliphatic carbocycles. The van der Waals surface area contributed by atoms with Gasteiger partial charge in [-0.3, -0.25) is 9.36 Å². The molecule has 1 heterocycles. The van der Waals surface area contributed by atoms with Crippen molar-refractivity contribution >= 4 is 0 Å². The lowest BCUT2D eigenvalue weighted by molar-refractivity contribution is 0.457. The first-order chi connectivity index (χ1) is 6.67. The second-order valence-corrected chi connectivity index (χ2v) is 3.41. The van der Waals surface area contributed by atoms with Crippen molar-refractivity contribution in [1.29, 1.82) is 0 Å². The molecule has 1 unspecified atom stereocenters. The van der Waals surface area contributed by atoms with Gasteiger partial charge in [0, 0.05) is 24.3 Å². The number of hydrogen-bond acceptors (Lipinski definition) is 3. The summed E-state index contributed by atoms with van der Waals surface area (Å²) in [7, 11) is 1.90. The van der Waals surface area contributed by atoms with Crippen LogP contribution in [0.25, 0.3) is 0 Å². The molecule has 0 radical (unpaired) electrons. The molecule has 0 aliphatic heterocycles. The number of aromatic nitrogens is 2. The highest BCUT2D eigenvalue weighted by Gasteiger charge is 2.05. The van der Waals surface area contributed by atoms with E-state index in [0.717, 1.165) is 12.1 Å². The van der Waals surface area contributed by atoms with Crippen LogP contribution in [0.4, 0.5) is 0 Å². The van der Waals surface area contributed by atoms with Crippen LogP contribution < -0.4 is 10.9 Å². The number of nitrogens with one attached hydrogen (secondary N) is 1. The van der Waals surface area contributed by atoms with Crippen LogP contribution in [0.3, 0.4) is 0 Å². The minimum Gasteiger partial charge on any atom is -0.315 e. The smallest absolute Gasteiger partial charge is 0.253 e. The van der Waals surface area contributed by atoms with Gasteiger partial charge in [-0.25, -0.2) is 4.98 Å². The summed E-state index contributed by atoms with van der Waals surface area (Å²) in [6.45, 7) is 4.59. The van der Waals surface area contributed by atoms with E-state index >= 15 is 0 Å². The third-order valence-corrected chi connectivity index (χ3v) is 2.33. The molecule has 4 heteroatoms. The van der Waals surface area contributed by atoms with E-state index in [9.17, 15) is 4.79 Å². The standard InChI is InChI=1S/C10H17N3O/c1-4-9(11-3)6-13-7-12-8(2)5-10(13)14/h5,7,9,11H,4,6H2,1-3H3. The molecule has 1 rings (SSSR count). The fourth-order valence-electron chi connectivity index (χ4n) is 1.32. The van der Waals surface area contributed by atoms with Crippen molar-refractivity contribution in [3.63, 3.8) is 0 Å². The first-order valence-corrected chi connectivity index (χ1v) is 4.87. The predicted molar refractivity (Wildman–Crippen MR) is 56.4 cm³/mol. The Morgan fingerprint density at radius 1 is 1.64 bits per heavy atom. The van der Waals surface area contributed by atoms with Crippen molar-refractivity contribution in [1.82, 2.24) is 14.9 Å². The molecule has 0 spiro atoms. The van der Waals surface area contributed by atoms with E-state index in [1.54, 1.807) is 17.0 Å². The van der Waals surface area contributed by atoms with Gasteiger partial charge in [-0.2, -0.15) is 0 Å². The van der Waals surface area contributed by atoms with E-state index in [1.165, 1.54) is 0 Å². The van der Waals surface area contributed by atoms with Crippen molar-refractivity contribution in [2.45, 2.75) is 32.9 Å². The molecule has 1 N–H and O–H groups in total. The second-order valence-electron chi connectivity index (χ2n) is 3.41. The zero-order valence-electron chi connectivity index (χ0n) is 8.95. The van der Waals surface area contributed by atoms with Crippen molar-refractivity contribution in [2.75, 3.05) is 7.05 Å². The topological polar surface area (TPSA) is 46.9 Å². The third kappa shape index (κ3) is 2.67. The lowest BCUT2D eigenvalue weighted by atomic mass is 10.2. The van der Waals surface area contributed by atoms with Gasteiger partial charge in [0.25, 0.3) is 5.56 Å². The summed E-state index contributed by atoms with van der Waals surface area (Å²) in [4.78, 5) is 15.6. The molecule has 1 aromatic heterocycles. The lowest BCUT2D eigenvalue weighted by Crippen LogP contribution is -2.34. The predicted octanol–water partition coefficient (Wildman–Crippen LogP) is 0.550. The molecular formula is C10H17N3O. The summed E-state index contributed by atoms with van der Waals surface area (Å²) in [5, 5.41) is 3.15. The number of hydrogen-bond donors (Lipinski definition) is 1. The first-order valence-electron chi connectivity index (χ1n) is 4.87. The Morgan fingerprint density at radius 3 is 2.86 bits per heavy atom. The Labute approximate surface area is 84.0 Å². The first kappa shape index (κ1) is 10.9. The molecule has 78 valence electrons. The van der Waals surface area contributed by atoms with Crippen LogP contribution in [0, 0.1) is 6.92 Å². The Bertz CT molecular complexity index is 341. The zero-order chi connectivity index (χ0) is 10.6. The molecule has 0 bridgehead atoms. The van der Waals surface area contributed by atoms with Crippen LogP contribution in [0.5, 0.6) is 0 Å². The quantitative estimate of drug-likeness (QED) is 0.763. The molecule has 4 nitrogen and oxygen atoms in total. The molecule has 1 aromatic rings. The molecule has 0 saturated heterocycles. The van der Waals surface area contributed by atoms with Gasteiger partial charge in [0.15, 0.2) is 0 Å². The zero-order valence-corrected chi connectivity index (χ0v) is 8.95. The van der Waals surface area contributed by atoms with Crippen LogP contribution in [-0.2, 0) is 6.54 Å². The van der Waals surface area contributed by atoms with E-state index in [-0.39, 0.29) is 5.56 Å². The van der Waals surface area contributed by atoms with E-state index in [4.69, 9.17) is 0 Å². The maximum absolute atomic E-state index is 11.5. The van der Waals surface area contributed by atoms with Crippen molar-refractivity contribution < 1.29 is 0 Å². The molecule has 0 aromatic carbocycles. The molecule has 1 atom stereocenters. The van der Waals surface area contributed by atoms with E-state index in [1.807, 2.05) is 14.0 Å². The molecular weight excluding hydrogens is 178 g/mol. The minimum absolute atomic E-state index is 0.0196. The highest BCUT2D eigenvalue weighted by atomic mass is 16.1. The normalized spacial score (nSPS) is 12.8. The lowest BCUT2D eigenvalue weighted by Gasteiger charge is -2.14. The van der Waals surface area contributed by atoms with E-state index in [2.05, 4.69) is 17.2 Å². The van der Waals surface area contributed by atoms with Gasteiger partial charge < -0.3 is 5.32 Å². The summed E-state index contributed by atoms with van der Waals surface area (Å²) in [5.41, 5.74) is 0.787. The van der Waals surface area contributed by atoms with E-state index in [0.29, 0.717) is 12.6 Å². The Balaban J connectivity index is 2.81. The fraction of sp³-hybridized carbons (Fsp3) is 0.600. The van der Waals surface area contributed by atoms with Crippen molar-refractivity contribution in [3.05, 3.63) is 28.4 Å². The highest BCUT2D eigenvalue weighted by Crippen LogP contribution is 1.93. The van der Waals surface area contributed by atoms with Crippen LogP contribution in [0.15, 0.2) is 17.2 Å². The van der Waals surface area contributed by atoms with Gasteiger partial charge in [-0.1, -0.05) is 6.92 Å². The maximum atomic E-state index is 11.5. The second kappa shape index (κ2) is 4.91. The third-order valence-electron chi connectivity index (χ3n) is 2.33. The number of nitrogens with zero attached hydrogens (tertiary/aromatic N) is 2. The van der Waals surface area contributed by atoms with Crippen LogP contribution in [0.1, 0.15) is 19.0 Å². The van der Waals surface area contributed by atoms with Gasteiger partial charge in [-0.15, -0.1) is 0 Å². The van der Waals surface area contributed by atoms with Crippen LogP contribution in [-0.4, -0.2) is 22.6 Å². The molecule has 0 saturated carbocycles. The summed E-state index contributed by atoms with van der Waals surface area (Å²) in [6, 6.07) is 1.89. The summed E-state index contributed by atoms with van der Waals surface area (Å²) in [6.07, 6.45) is 2.61. The Hall–Kier alpha value is -1.16. The fourth-order valence-corrected chi connectivity index (χ4v) is 1.32. The number of likely N-dealkylation sites (N-methyl/N-ethyl adjacent to an activating group) is 1. The highest BCUT2D eigenvalue weighted by molar-refractivity contribution is 4.96. The van der Waals surface area contributed by atoms with Crippen LogP contribution in [0.2, 0.25) is 0 Å². The largest absolute Gasteiger partial charge is 0.315 e.